The molecule has 1 N–H and O–H groups in total. The number of aromatic nitrogens is 4. The molecule has 2 heterocycles. The molecule has 0 saturated carbocycles. The predicted molar refractivity (Wildman–Crippen MR) is 147 cm³/mol. The molecule has 0 aliphatic carbocycles. The van der Waals surface area contributed by atoms with E-state index < -0.39 is 6.10 Å². The minimum absolute atomic E-state index is 0. The van der Waals surface area contributed by atoms with E-state index in [4.69, 9.17) is 0 Å². The van der Waals surface area contributed by atoms with Crippen LogP contribution in [0.1, 0.15) is 45.2 Å². The molecule has 10 heteroatoms. The third kappa shape index (κ3) is 8.84. The Labute approximate surface area is 249 Å². The SMILES string of the molecule is C.CC(=O)c1nc(-c2ccc(Br)cc2)cn1C.CC(O)c1nc(-c2ccc(Br)cc2)cn1C.[B].[H-].[Na+]. The summed E-state index contributed by atoms with van der Waals surface area (Å²) < 4.78 is 5.67. The standard InChI is InChI=1S/C12H13BrN2O.C12H11BrN2O.CH4.B.Na.H/c2*1-8(16)12-14-11(7-15(12)2)9-3-5-10(13)6-4-9;;;;/h3-8,16H,1-2H3;3-7H,1-2H3;1H4;;;/q;;;;+1;-1. The van der Waals surface area contributed by atoms with Crippen LogP contribution in [0.25, 0.3) is 22.5 Å². The van der Waals surface area contributed by atoms with Gasteiger partial charge in [0.25, 0.3) is 0 Å². The van der Waals surface area contributed by atoms with Gasteiger partial charge >= 0.3 is 29.6 Å². The normalized spacial score (nSPS) is 10.6. The molecule has 0 aliphatic heterocycles. The fraction of sp³-hybridized carbons (Fsp3) is 0.240. The Morgan fingerprint density at radius 3 is 1.63 bits per heavy atom. The Balaban J connectivity index is 0. The van der Waals surface area contributed by atoms with Gasteiger partial charge < -0.3 is 15.7 Å². The van der Waals surface area contributed by atoms with Crippen molar-refractivity contribution < 1.29 is 40.9 Å². The van der Waals surface area contributed by atoms with Gasteiger partial charge in [0, 0.05) is 61.9 Å². The topological polar surface area (TPSA) is 72.9 Å². The fourth-order valence-corrected chi connectivity index (χ4v) is 3.71. The van der Waals surface area contributed by atoms with Crippen molar-refractivity contribution in [2.45, 2.75) is 27.4 Å². The molecule has 2 aromatic heterocycles. The van der Waals surface area contributed by atoms with E-state index >= 15 is 0 Å². The van der Waals surface area contributed by atoms with Crippen molar-refractivity contribution in [3.8, 4) is 22.5 Å². The van der Waals surface area contributed by atoms with Gasteiger partial charge in [0.15, 0.2) is 11.6 Å². The molecule has 0 bridgehead atoms. The van der Waals surface area contributed by atoms with E-state index in [0.29, 0.717) is 11.6 Å². The predicted octanol–water partition coefficient (Wildman–Crippen LogP) is 3.33. The number of benzene rings is 2. The third-order valence-corrected chi connectivity index (χ3v) is 5.81. The number of Topliss-reactive ketones (excluding diaryl/α,β-unsaturated/α-hetero) is 1. The zero-order chi connectivity index (χ0) is 23.4. The summed E-state index contributed by atoms with van der Waals surface area (Å²) >= 11 is 6.78. The summed E-state index contributed by atoms with van der Waals surface area (Å²) in [6, 6.07) is 15.8. The van der Waals surface area contributed by atoms with Crippen molar-refractivity contribution in [2.24, 2.45) is 14.1 Å². The van der Waals surface area contributed by atoms with Crippen molar-refractivity contribution in [1.82, 2.24) is 19.1 Å². The van der Waals surface area contributed by atoms with Crippen molar-refractivity contribution >= 4 is 46.1 Å². The summed E-state index contributed by atoms with van der Waals surface area (Å²) in [5.41, 5.74) is 3.75. The van der Waals surface area contributed by atoms with Gasteiger partial charge in [-0.3, -0.25) is 4.79 Å². The van der Waals surface area contributed by atoms with E-state index in [0.717, 1.165) is 31.5 Å². The van der Waals surface area contributed by atoms with Crippen LogP contribution in [0.4, 0.5) is 0 Å². The number of ketones is 1. The van der Waals surface area contributed by atoms with E-state index in [1.807, 2.05) is 79.6 Å². The molecule has 0 amide bonds. The van der Waals surface area contributed by atoms with Crippen molar-refractivity contribution in [3.05, 3.63) is 81.5 Å². The average Bonchev–Trinajstić information content (AvgIpc) is 3.33. The number of nitrogens with zero attached hydrogens (tertiary/aromatic N) is 4. The van der Waals surface area contributed by atoms with Crippen molar-refractivity contribution in [2.75, 3.05) is 0 Å². The van der Waals surface area contributed by atoms with Gasteiger partial charge in [-0.05, 0) is 31.2 Å². The van der Waals surface area contributed by atoms with Gasteiger partial charge in [-0.2, -0.15) is 0 Å². The first kappa shape index (κ1) is 33.5. The Bertz CT molecular complexity index is 1230. The van der Waals surface area contributed by atoms with Crippen LogP contribution in [0.5, 0.6) is 0 Å². The molecule has 4 rings (SSSR count). The van der Waals surface area contributed by atoms with Crippen LogP contribution < -0.4 is 29.6 Å². The number of carbonyl (C=O) groups excluding carboxylic acids is 1. The van der Waals surface area contributed by atoms with Gasteiger partial charge in [0.05, 0.1) is 11.4 Å². The molecule has 0 spiro atoms. The number of aliphatic hydroxyl groups is 1. The fourth-order valence-electron chi connectivity index (χ4n) is 3.18. The molecule has 0 aliphatic rings. The monoisotopic (exact) mass is 609 g/mol. The van der Waals surface area contributed by atoms with Gasteiger partial charge in [-0.25, -0.2) is 9.97 Å². The molecule has 1 unspecified atom stereocenters. The smallest absolute Gasteiger partial charge is 1.00 e. The maximum atomic E-state index is 11.3. The number of hydrogen-bond acceptors (Lipinski definition) is 4. The largest absolute Gasteiger partial charge is 1.00 e. The maximum Gasteiger partial charge on any atom is 1.00 e. The maximum absolute atomic E-state index is 11.3. The van der Waals surface area contributed by atoms with Crippen LogP contribution in [-0.4, -0.2) is 38.4 Å². The van der Waals surface area contributed by atoms with E-state index in [1.54, 1.807) is 11.5 Å². The molecule has 4 aromatic rings. The molecule has 35 heavy (non-hydrogen) atoms. The number of aliphatic hydroxyl groups excluding tert-OH is 1. The number of aryl methyl sites for hydroxylation is 2. The molecular weight excluding hydrogens is 582 g/mol. The Hall–Kier alpha value is -1.49. The second-order valence-electron chi connectivity index (χ2n) is 7.40. The van der Waals surface area contributed by atoms with Crippen molar-refractivity contribution in [1.29, 1.82) is 0 Å². The minimum atomic E-state index is -0.547. The number of halogens is 2. The summed E-state index contributed by atoms with van der Waals surface area (Å²) in [4.78, 5) is 20.0. The summed E-state index contributed by atoms with van der Waals surface area (Å²) in [5, 5.41) is 9.52. The van der Waals surface area contributed by atoms with Crippen molar-refractivity contribution in [3.63, 3.8) is 0 Å². The number of hydrogen-bond donors (Lipinski definition) is 1. The van der Waals surface area contributed by atoms with Gasteiger partial charge in [-0.15, -0.1) is 0 Å². The summed E-state index contributed by atoms with van der Waals surface area (Å²) in [7, 11) is 3.71. The van der Waals surface area contributed by atoms with Gasteiger partial charge in [0.2, 0.25) is 0 Å². The van der Waals surface area contributed by atoms with Crippen LogP contribution in [-0.2, 0) is 14.1 Å². The molecule has 2 aromatic carbocycles. The number of rotatable bonds is 4. The molecule has 179 valence electrons. The zero-order valence-corrected chi connectivity index (χ0v) is 25.0. The Morgan fingerprint density at radius 1 is 0.886 bits per heavy atom. The van der Waals surface area contributed by atoms with Gasteiger partial charge in [0.1, 0.15) is 11.9 Å². The minimum Gasteiger partial charge on any atom is -1.00 e. The van der Waals surface area contributed by atoms with E-state index in [1.165, 1.54) is 6.92 Å². The van der Waals surface area contributed by atoms with Crippen LogP contribution in [0.15, 0.2) is 69.9 Å². The average molecular weight is 611 g/mol. The molecule has 3 radical (unpaired) electrons. The summed E-state index contributed by atoms with van der Waals surface area (Å²) in [6.07, 6.45) is 3.24. The van der Waals surface area contributed by atoms with E-state index in [2.05, 4.69) is 41.8 Å². The van der Waals surface area contributed by atoms with Crippen LogP contribution in [0, 0.1) is 0 Å². The van der Waals surface area contributed by atoms with Crippen LogP contribution >= 0.6 is 31.9 Å². The number of carbonyl (C=O) groups is 1. The van der Waals surface area contributed by atoms with Crippen LogP contribution in [0.2, 0.25) is 0 Å². The zero-order valence-electron chi connectivity index (χ0n) is 20.8. The first-order chi connectivity index (χ1) is 15.2. The van der Waals surface area contributed by atoms with E-state index in [-0.39, 0.29) is 52.6 Å². The molecular formula is C25H29BBr2N4NaO2. The molecule has 6 nitrogen and oxygen atoms in total. The van der Waals surface area contributed by atoms with Crippen LogP contribution in [0.3, 0.4) is 0 Å². The molecule has 0 fully saturated rings. The molecule has 0 saturated heterocycles. The first-order valence-electron chi connectivity index (χ1n) is 9.93. The quantitative estimate of drug-likeness (QED) is 0.284. The first-order valence-corrected chi connectivity index (χ1v) is 11.5. The third-order valence-electron chi connectivity index (χ3n) is 4.76. The Kier molecular flexibility index (Phi) is 14.3. The second-order valence-corrected chi connectivity index (χ2v) is 9.23. The summed E-state index contributed by atoms with van der Waals surface area (Å²) in [5.74, 6) is 1.14. The number of imidazole rings is 2. The molecule has 1 atom stereocenters. The summed E-state index contributed by atoms with van der Waals surface area (Å²) in [6.45, 7) is 3.24. The Morgan fingerprint density at radius 2 is 1.29 bits per heavy atom. The van der Waals surface area contributed by atoms with E-state index in [9.17, 15) is 9.90 Å². The second kappa shape index (κ2) is 14.9. The van der Waals surface area contributed by atoms with Gasteiger partial charge in [-0.1, -0.05) is 63.6 Å².